The van der Waals surface area contributed by atoms with E-state index in [0.717, 1.165) is 15.9 Å². The maximum absolute atomic E-state index is 13.2. The van der Waals surface area contributed by atoms with E-state index >= 15 is 0 Å². The lowest BCUT2D eigenvalue weighted by molar-refractivity contribution is -0.387. The summed E-state index contributed by atoms with van der Waals surface area (Å²) in [5.41, 5.74) is 1.15. The molecule has 194 valence electrons. The van der Waals surface area contributed by atoms with Gasteiger partial charge in [0.15, 0.2) is 4.90 Å². The largest absolute Gasteiger partial charge is 0.462 e. The first-order chi connectivity index (χ1) is 17.7. The summed E-state index contributed by atoms with van der Waals surface area (Å²) in [5.74, 6) is -1.71. The molecule has 1 fully saturated rings. The molecule has 1 amide bonds. The number of ether oxygens (including phenoxy) is 1. The van der Waals surface area contributed by atoms with Crippen LogP contribution in [-0.4, -0.2) is 49.2 Å². The fourth-order valence-corrected chi connectivity index (χ4v) is 6.88. The molecule has 1 atom stereocenters. The van der Waals surface area contributed by atoms with Gasteiger partial charge in [-0.3, -0.25) is 14.9 Å². The number of nitrogens with one attached hydrogen (secondary N) is 1. The smallest absolute Gasteiger partial charge is 0.341 e. The van der Waals surface area contributed by atoms with Gasteiger partial charge in [-0.2, -0.15) is 4.31 Å². The first-order valence-electron chi connectivity index (χ1n) is 11.6. The Morgan fingerprint density at radius 2 is 1.86 bits per heavy atom. The Bertz CT molecular complexity index is 1420. The molecule has 0 radical (unpaired) electrons. The van der Waals surface area contributed by atoms with Crippen LogP contribution in [0.2, 0.25) is 0 Å². The molecule has 1 unspecified atom stereocenters. The van der Waals surface area contributed by atoms with Crippen LogP contribution in [0, 0.1) is 16.0 Å². The van der Waals surface area contributed by atoms with Crippen LogP contribution in [0.3, 0.4) is 0 Å². The first-order valence-corrected chi connectivity index (χ1v) is 13.9. The summed E-state index contributed by atoms with van der Waals surface area (Å²) in [4.78, 5) is 36.3. The molecule has 1 N–H and O–H groups in total. The van der Waals surface area contributed by atoms with Crippen LogP contribution in [0.15, 0.2) is 64.9 Å². The normalized spacial score (nSPS) is 16.2. The average molecular weight is 544 g/mol. The van der Waals surface area contributed by atoms with Gasteiger partial charge in [-0.1, -0.05) is 42.5 Å². The van der Waals surface area contributed by atoms with Gasteiger partial charge in [0.05, 0.1) is 17.4 Å². The summed E-state index contributed by atoms with van der Waals surface area (Å²) < 4.78 is 32.8. The number of anilines is 1. The lowest BCUT2D eigenvalue weighted by Crippen LogP contribution is -2.43. The second kappa shape index (κ2) is 11.2. The van der Waals surface area contributed by atoms with Crippen LogP contribution in [0.1, 0.15) is 30.1 Å². The fraction of sp³-hybridized carbons (Fsp3) is 0.280. The molecule has 1 aliphatic rings. The van der Waals surface area contributed by atoms with Gasteiger partial charge in [-0.25, -0.2) is 13.2 Å². The van der Waals surface area contributed by atoms with E-state index in [2.05, 4.69) is 5.32 Å². The Morgan fingerprint density at radius 3 is 2.57 bits per heavy atom. The van der Waals surface area contributed by atoms with Crippen LogP contribution in [-0.2, 0) is 19.6 Å². The minimum atomic E-state index is -4.20. The summed E-state index contributed by atoms with van der Waals surface area (Å²) in [6, 6.07) is 14.4. The molecule has 0 bridgehead atoms. The molecule has 1 saturated heterocycles. The van der Waals surface area contributed by atoms with Crippen molar-refractivity contribution in [3.8, 4) is 11.1 Å². The zero-order valence-corrected chi connectivity index (χ0v) is 21.6. The van der Waals surface area contributed by atoms with Crippen LogP contribution in [0.4, 0.5) is 10.7 Å². The fourth-order valence-electron chi connectivity index (χ4n) is 4.24. The summed E-state index contributed by atoms with van der Waals surface area (Å²) in [6.45, 7) is 1.87. The van der Waals surface area contributed by atoms with E-state index in [4.69, 9.17) is 4.74 Å². The van der Waals surface area contributed by atoms with Crippen molar-refractivity contribution >= 4 is 43.9 Å². The number of esters is 1. The van der Waals surface area contributed by atoms with Crippen LogP contribution >= 0.6 is 11.3 Å². The number of benzene rings is 2. The maximum Gasteiger partial charge on any atom is 0.341 e. The maximum atomic E-state index is 13.2. The molecule has 0 spiro atoms. The third-order valence-electron chi connectivity index (χ3n) is 6.03. The van der Waals surface area contributed by atoms with Gasteiger partial charge in [0.2, 0.25) is 15.9 Å². The van der Waals surface area contributed by atoms with E-state index in [1.807, 2.05) is 30.3 Å². The van der Waals surface area contributed by atoms with Crippen LogP contribution in [0.5, 0.6) is 0 Å². The van der Waals surface area contributed by atoms with Crippen molar-refractivity contribution in [3.63, 3.8) is 0 Å². The van der Waals surface area contributed by atoms with Gasteiger partial charge in [0.1, 0.15) is 10.6 Å². The number of hydrogen-bond donors (Lipinski definition) is 1. The highest BCUT2D eigenvalue weighted by Gasteiger charge is 2.37. The number of sulfonamides is 1. The quantitative estimate of drug-likeness (QED) is 0.250. The second-order valence-electron chi connectivity index (χ2n) is 8.36. The van der Waals surface area contributed by atoms with Crippen LogP contribution in [0.25, 0.3) is 11.1 Å². The standard InChI is InChI=1S/C25H25N3O7S2/c1-2-35-25(30)22-19(17-9-4-3-5-10-17)16-36-24(22)26-23(29)18-11-8-14-27(15-18)37(33,34)21-13-7-6-12-20(21)28(31)32/h3-7,9-10,12-13,16,18H,2,8,11,14-15H2,1H3,(H,26,29). The number of thiophene rings is 1. The number of carbonyl (C=O) groups is 2. The minimum Gasteiger partial charge on any atom is -0.462 e. The molecule has 3 aromatic rings. The molecular weight excluding hydrogens is 518 g/mol. The van der Waals surface area contributed by atoms with Crippen molar-refractivity contribution in [2.24, 2.45) is 5.92 Å². The number of piperidine rings is 1. The van der Waals surface area contributed by atoms with E-state index in [9.17, 15) is 28.1 Å². The van der Waals surface area contributed by atoms with Gasteiger partial charge in [0.25, 0.3) is 5.69 Å². The van der Waals surface area contributed by atoms with E-state index in [1.165, 1.54) is 29.5 Å². The number of hydrogen-bond acceptors (Lipinski definition) is 8. The highest BCUT2D eigenvalue weighted by molar-refractivity contribution is 7.89. The van der Waals surface area contributed by atoms with E-state index in [1.54, 1.807) is 12.3 Å². The van der Waals surface area contributed by atoms with Crippen molar-refractivity contribution < 1.29 is 27.7 Å². The Morgan fingerprint density at radius 1 is 1.16 bits per heavy atom. The Balaban J connectivity index is 1.58. The summed E-state index contributed by atoms with van der Waals surface area (Å²) in [7, 11) is -4.20. The Kier molecular flexibility index (Phi) is 8.00. The average Bonchev–Trinajstić information content (AvgIpc) is 3.33. The summed E-state index contributed by atoms with van der Waals surface area (Å²) in [5, 5.41) is 16.3. The second-order valence-corrected chi connectivity index (χ2v) is 11.1. The summed E-state index contributed by atoms with van der Waals surface area (Å²) in [6.07, 6.45) is 0.836. The number of nitro groups is 1. The molecule has 1 aliphatic heterocycles. The van der Waals surface area contributed by atoms with E-state index in [0.29, 0.717) is 23.4 Å². The zero-order valence-electron chi connectivity index (χ0n) is 20.0. The van der Waals surface area contributed by atoms with Gasteiger partial charge in [0, 0.05) is 30.1 Å². The number of nitrogens with zero attached hydrogens (tertiary/aromatic N) is 2. The highest BCUT2D eigenvalue weighted by atomic mass is 32.2. The zero-order chi connectivity index (χ0) is 26.6. The Labute approximate surface area is 218 Å². The number of para-hydroxylation sites is 1. The van der Waals surface area contributed by atoms with Gasteiger partial charge >= 0.3 is 5.97 Å². The van der Waals surface area contributed by atoms with Crippen LogP contribution < -0.4 is 5.32 Å². The van der Waals surface area contributed by atoms with Crippen molar-refractivity contribution in [3.05, 3.63) is 75.7 Å². The lowest BCUT2D eigenvalue weighted by Gasteiger charge is -2.31. The van der Waals surface area contributed by atoms with E-state index in [-0.39, 0.29) is 25.3 Å². The number of amides is 1. The number of carbonyl (C=O) groups excluding carboxylic acids is 2. The highest BCUT2D eigenvalue weighted by Crippen LogP contribution is 2.37. The molecule has 2 aromatic carbocycles. The Hall–Kier alpha value is -3.61. The number of nitro benzene ring substituents is 1. The van der Waals surface area contributed by atoms with E-state index < -0.39 is 43.3 Å². The lowest BCUT2D eigenvalue weighted by atomic mass is 9.98. The third kappa shape index (κ3) is 5.55. The van der Waals surface area contributed by atoms with Crippen molar-refractivity contribution in [2.75, 3.05) is 25.0 Å². The molecule has 10 nitrogen and oxygen atoms in total. The molecule has 37 heavy (non-hydrogen) atoms. The summed E-state index contributed by atoms with van der Waals surface area (Å²) >= 11 is 1.19. The molecule has 12 heteroatoms. The topological polar surface area (TPSA) is 136 Å². The molecule has 2 heterocycles. The predicted molar refractivity (Wildman–Crippen MR) is 139 cm³/mol. The molecular formula is C25H25N3O7S2. The van der Waals surface area contributed by atoms with Gasteiger partial charge < -0.3 is 10.1 Å². The molecule has 4 rings (SSSR count). The SMILES string of the molecule is CCOC(=O)c1c(-c2ccccc2)csc1NC(=O)C1CCCN(S(=O)(=O)c2ccccc2[N+](=O)[O-])C1. The monoisotopic (exact) mass is 543 g/mol. The minimum absolute atomic E-state index is 0.133. The van der Waals surface area contributed by atoms with Crippen molar-refractivity contribution in [1.29, 1.82) is 0 Å². The number of rotatable bonds is 8. The van der Waals surface area contributed by atoms with Gasteiger partial charge in [-0.05, 0) is 31.4 Å². The molecule has 1 aromatic heterocycles. The molecule has 0 aliphatic carbocycles. The third-order valence-corrected chi connectivity index (χ3v) is 8.83. The first kappa shape index (κ1) is 26.5. The van der Waals surface area contributed by atoms with Crippen molar-refractivity contribution in [2.45, 2.75) is 24.7 Å². The van der Waals surface area contributed by atoms with Gasteiger partial charge in [-0.15, -0.1) is 11.3 Å². The predicted octanol–water partition coefficient (Wildman–Crippen LogP) is 4.54. The van der Waals surface area contributed by atoms with Crippen molar-refractivity contribution in [1.82, 2.24) is 4.31 Å². The molecule has 0 saturated carbocycles.